The number of fused-ring (bicyclic) bond motifs is 7. The lowest BCUT2D eigenvalue weighted by molar-refractivity contribution is -0.371. The predicted molar refractivity (Wildman–Crippen MR) is 199 cm³/mol. The molecule has 5 aliphatic carbocycles. The van der Waals surface area contributed by atoms with E-state index >= 15 is 0 Å². The molecule has 2 saturated heterocycles. The molecule has 6 fully saturated rings. The van der Waals surface area contributed by atoms with Gasteiger partial charge in [0, 0.05) is 5.92 Å². The van der Waals surface area contributed by atoms with Gasteiger partial charge in [-0.05, 0) is 110 Å². The number of carbonyl (C=O) groups excluding carboxylic acids is 1. The molecule has 0 aromatic rings. The number of ketones is 1. The third-order valence-electron chi connectivity index (χ3n) is 17.2. The van der Waals surface area contributed by atoms with E-state index in [1.165, 1.54) is 0 Å². The summed E-state index contributed by atoms with van der Waals surface area (Å²) in [6.07, 6.45) is -12.2. The Balaban J connectivity index is 1.17. The normalized spacial score (nSPS) is 52.6. The number of ether oxygens (including phenoxy) is 4. The summed E-state index contributed by atoms with van der Waals surface area (Å²) in [6.45, 7) is 14.8. The summed E-state index contributed by atoms with van der Waals surface area (Å²) in [4.78, 5) is 51.3. The van der Waals surface area contributed by atoms with Gasteiger partial charge in [-0.3, -0.25) is 9.59 Å². The molecule has 19 atom stereocenters. The van der Waals surface area contributed by atoms with Crippen LogP contribution in [-0.4, -0.2) is 132 Å². The highest BCUT2D eigenvalue weighted by atomic mass is 16.8. The van der Waals surface area contributed by atoms with Crippen LogP contribution in [0.4, 0.5) is 0 Å². The van der Waals surface area contributed by atoms with Crippen LogP contribution < -0.4 is 0 Å². The zero-order valence-electron chi connectivity index (χ0n) is 34.4. The molecule has 0 amide bonds. The molecule has 8 N–H and O–H groups in total. The van der Waals surface area contributed by atoms with Crippen molar-refractivity contribution in [1.82, 2.24) is 0 Å². The summed E-state index contributed by atoms with van der Waals surface area (Å²) in [5, 5.41) is 83.0. The first kappa shape index (κ1) is 43.5. The summed E-state index contributed by atoms with van der Waals surface area (Å²) in [7, 11) is 0. The highest BCUT2D eigenvalue weighted by Gasteiger charge is 2.71. The molecule has 16 heteroatoms. The Morgan fingerprint density at radius 3 is 1.88 bits per heavy atom. The van der Waals surface area contributed by atoms with Crippen molar-refractivity contribution in [2.45, 2.75) is 174 Å². The minimum Gasteiger partial charge on any atom is -0.481 e. The fourth-order valence-electron chi connectivity index (χ4n) is 13.4. The lowest BCUT2D eigenvalue weighted by Gasteiger charge is -2.70. The van der Waals surface area contributed by atoms with Crippen molar-refractivity contribution in [2.24, 2.45) is 50.2 Å². The number of hydrogen-bond acceptors (Lipinski definition) is 13. The number of carboxylic acid groups (broad SMARTS) is 3. The Morgan fingerprint density at radius 1 is 0.690 bits per heavy atom. The summed E-state index contributed by atoms with van der Waals surface area (Å²) >= 11 is 0. The van der Waals surface area contributed by atoms with E-state index in [0.717, 1.165) is 37.7 Å². The minimum atomic E-state index is -2.05. The van der Waals surface area contributed by atoms with Gasteiger partial charge < -0.3 is 59.8 Å². The van der Waals surface area contributed by atoms with Gasteiger partial charge in [0.05, 0.1) is 11.5 Å². The van der Waals surface area contributed by atoms with E-state index < -0.39 is 107 Å². The van der Waals surface area contributed by atoms with Gasteiger partial charge in [0.2, 0.25) is 0 Å². The van der Waals surface area contributed by atoms with Gasteiger partial charge in [-0.25, -0.2) is 9.59 Å². The topological polar surface area (TPSA) is 267 Å². The number of aliphatic hydroxyl groups is 5. The van der Waals surface area contributed by atoms with E-state index in [1.807, 2.05) is 26.8 Å². The Morgan fingerprint density at radius 2 is 1.28 bits per heavy atom. The smallest absolute Gasteiger partial charge is 0.335 e. The molecule has 326 valence electrons. The molecule has 58 heavy (non-hydrogen) atoms. The van der Waals surface area contributed by atoms with Crippen LogP contribution in [-0.2, 0) is 38.1 Å². The van der Waals surface area contributed by atoms with E-state index in [0.29, 0.717) is 25.7 Å². The second-order valence-electron chi connectivity index (χ2n) is 20.6. The summed E-state index contributed by atoms with van der Waals surface area (Å²) in [5.41, 5.74) is -1.81. The average Bonchev–Trinajstić information content (AvgIpc) is 3.13. The summed E-state index contributed by atoms with van der Waals surface area (Å²) in [5.74, 6) is -4.47. The number of carbonyl (C=O) groups is 4. The van der Waals surface area contributed by atoms with Crippen LogP contribution in [0.5, 0.6) is 0 Å². The number of carboxylic acids is 3. The monoisotopic (exact) mass is 822 g/mol. The highest BCUT2D eigenvalue weighted by Crippen LogP contribution is 2.75. The van der Waals surface area contributed by atoms with Crippen molar-refractivity contribution in [3.63, 3.8) is 0 Å². The van der Waals surface area contributed by atoms with Gasteiger partial charge in [0.25, 0.3) is 0 Å². The van der Waals surface area contributed by atoms with Crippen molar-refractivity contribution >= 4 is 23.7 Å². The zero-order valence-corrected chi connectivity index (χ0v) is 34.4. The molecular formula is C42H62O16. The maximum absolute atomic E-state index is 14.8. The number of aliphatic hydroxyl groups excluding tert-OH is 5. The highest BCUT2D eigenvalue weighted by molar-refractivity contribution is 5.95. The number of rotatable bonds is 7. The quantitative estimate of drug-likeness (QED) is 0.171. The third kappa shape index (κ3) is 6.25. The zero-order chi connectivity index (χ0) is 42.9. The third-order valence-corrected chi connectivity index (χ3v) is 17.2. The second-order valence-corrected chi connectivity index (χ2v) is 20.6. The number of allylic oxidation sites excluding steroid dienone is 2. The van der Waals surface area contributed by atoms with Crippen LogP contribution in [0.25, 0.3) is 0 Å². The standard InChI is InChI=1S/C42H62O16/c1-37(2)21-8-11-42(7)31(20(43)16-18-19-17-39(4,36(53)54)13-12-38(19,3)14-15-41(18,42)6)40(21,5)10-9-22(37)55-35-30(26(47)25(46)29(57-35)33(51)52)58-34-27(48)23(44)24(45)28(56-34)32(49)50/h16,19,21-31,34-35,44-48H,8-15,17H2,1-7H3,(H,49,50)(H,51,52)(H,53,54)/t19?,21-,22?,23?,24?,25?,26?,27?,28?,29?,30?,31+,34?,35?,38?,39-,40?,41+,42?/m0/s1. The molecule has 0 radical (unpaired) electrons. The Kier molecular flexibility index (Phi) is 10.7. The maximum atomic E-state index is 14.8. The summed E-state index contributed by atoms with van der Waals surface area (Å²) < 4.78 is 23.4. The second kappa shape index (κ2) is 14.3. The van der Waals surface area contributed by atoms with Crippen LogP contribution in [0.2, 0.25) is 0 Å². The van der Waals surface area contributed by atoms with Gasteiger partial charge in [-0.1, -0.05) is 47.1 Å². The fourth-order valence-corrected chi connectivity index (χ4v) is 13.4. The molecule has 4 saturated carbocycles. The molecule has 0 aromatic heterocycles. The van der Waals surface area contributed by atoms with E-state index in [9.17, 15) is 60.0 Å². The van der Waals surface area contributed by atoms with Gasteiger partial charge in [0.1, 0.15) is 36.6 Å². The Hall–Kier alpha value is -2.54. The Bertz CT molecular complexity index is 1730. The van der Waals surface area contributed by atoms with Crippen molar-refractivity contribution in [1.29, 1.82) is 0 Å². The predicted octanol–water partition coefficient (Wildman–Crippen LogP) is 2.25. The lowest BCUT2D eigenvalue weighted by Crippen LogP contribution is -2.68. The molecule has 0 spiro atoms. The van der Waals surface area contributed by atoms with Crippen molar-refractivity contribution < 1.29 is 79.0 Å². The lowest BCUT2D eigenvalue weighted by atomic mass is 9.33. The molecule has 7 aliphatic rings. The van der Waals surface area contributed by atoms with E-state index in [2.05, 4.69) is 27.7 Å². The SMILES string of the molecule is CC12CC[C@](C)(C(=O)O)CC1C1=CC(=O)[C@@H]3C4(C)CCC(OC5OC(C(=O)O)C(O)C(O)C5OC5OC(C(=O)O)C(O)C(O)C5O)C(C)(C)[C@@H]4CCC3(C)[C@]1(C)CC2. The van der Waals surface area contributed by atoms with E-state index in [-0.39, 0.29) is 34.4 Å². The number of aliphatic carboxylic acids is 3. The van der Waals surface area contributed by atoms with Crippen LogP contribution >= 0.6 is 0 Å². The van der Waals surface area contributed by atoms with Crippen molar-refractivity contribution in [3.05, 3.63) is 11.6 Å². The molecule has 2 heterocycles. The fraction of sp³-hybridized carbons (Fsp3) is 0.857. The summed E-state index contributed by atoms with van der Waals surface area (Å²) in [6, 6.07) is 0. The minimum absolute atomic E-state index is 0.0217. The van der Waals surface area contributed by atoms with Crippen molar-refractivity contribution in [2.75, 3.05) is 0 Å². The van der Waals surface area contributed by atoms with Gasteiger partial charge in [0.15, 0.2) is 30.6 Å². The van der Waals surface area contributed by atoms with Gasteiger partial charge >= 0.3 is 17.9 Å². The largest absolute Gasteiger partial charge is 0.481 e. The van der Waals surface area contributed by atoms with Crippen LogP contribution in [0.1, 0.15) is 106 Å². The molecule has 0 bridgehead atoms. The van der Waals surface area contributed by atoms with E-state index in [1.54, 1.807) is 0 Å². The first-order valence-electron chi connectivity index (χ1n) is 20.7. The first-order valence-corrected chi connectivity index (χ1v) is 20.7. The van der Waals surface area contributed by atoms with Gasteiger partial charge in [-0.2, -0.15) is 0 Å². The first-order chi connectivity index (χ1) is 26.8. The molecular weight excluding hydrogens is 760 g/mol. The Labute approximate surface area is 337 Å². The average molecular weight is 823 g/mol. The maximum Gasteiger partial charge on any atom is 0.335 e. The molecule has 2 aliphatic heterocycles. The van der Waals surface area contributed by atoms with Crippen LogP contribution in [0.15, 0.2) is 11.6 Å². The molecule has 15 unspecified atom stereocenters. The van der Waals surface area contributed by atoms with Crippen LogP contribution in [0, 0.1) is 50.2 Å². The van der Waals surface area contributed by atoms with Gasteiger partial charge in [-0.15, -0.1) is 0 Å². The number of hydrogen-bond donors (Lipinski definition) is 8. The molecule has 7 rings (SSSR count). The van der Waals surface area contributed by atoms with Crippen LogP contribution in [0.3, 0.4) is 0 Å². The van der Waals surface area contributed by atoms with Crippen molar-refractivity contribution in [3.8, 4) is 0 Å². The van der Waals surface area contributed by atoms with E-state index in [4.69, 9.17) is 18.9 Å². The molecule has 0 aromatic carbocycles. The molecule has 16 nitrogen and oxygen atoms in total.